The highest BCUT2D eigenvalue weighted by Gasteiger charge is 2.13. The Balaban J connectivity index is 1.36. The van der Waals surface area contributed by atoms with Crippen LogP contribution < -0.4 is 10.6 Å². The Morgan fingerprint density at radius 1 is 0.914 bits per heavy atom. The highest BCUT2D eigenvalue weighted by molar-refractivity contribution is 7.80. The minimum atomic E-state index is -0.251. The van der Waals surface area contributed by atoms with Crippen LogP contribution >= 0.6 is 12.2 Å². The summed E-state index contributed by atoms with van der Waals surface area (Å²) in [6.07, 6.45) is 0. The molecule has 1 heterocycles. The number of carbonyl (C=O) groups excluding carboxylic acids is 1. The summed E-state index contributed by atoms with van der Waals surface area (Å²) >= 11 is 5.41. The SMILES string of the molecule is Cc1cc2nn(-c3cccc4ccccc34)nc2cc1NC(=S)NC(=O)c1ccc(C(C)C)cc1. The first-order valence-corrected chi connectivity index (χ1v) is 11.9. The molecule has 4 aromatic carbocycles. The van der Waals surface area contributed by atoms with E-state index in [0.717, 1.165) is 38.7 Å². The normalized spacial score (nSPS) is 11.2. The molecule has 0 aliphatic rings. The summed E-state index contributed by atoms with van der Waals surface area (Å²) in [5.41, 5.74) is 5.87. The smallest absolute Gasteiger partial charge is 0.257 e. The van der Waals surface area contributed by atoms with Crippen LogP contribution in [0.15, 0.2) is 78.9 Å². The number of benzene rings is 4. The van der Waals surface area contributed by atoms with Crippen LogP contribution in [-0.4, -0.2) is 26.0 Å². The molecule has 0 spiro atoms. The van der Waals surface area contributed by atoms with E-state index in [1.807, 2.05) is 67.6 Å². The van der Waals surface area contributed by atoms with E-state index in [2.05, 4.69) is 42.7 Å². The highest BCUT2D eigenvalue weighted by atomic mass is 32.1. The molecule has 0 fully saturated rings. The van der Waals surface area contributed by atoms with Gasteiger partial charge in [-0.05, 0) is 71.9 Å². The lowest BCUT2D eigenvalue weighted by molar-refractivity contribution is 0.0977. The van der Waals surface area contributed by atoms with Gasteiger partial charge in [0.1, 0.15) is 11.0 Å². The number of aryl methyl sites for hydroxylation is 1. The van der Waals surface area contributed by atoms with E-state index in [1.54, 1.807) is 4.80 Å². The standard InChI is InChI=1S/C28H25N5OS/c1-17(2)19-11-13-21(14-12-19)27(34)30-28(35)29-23-16-25-24(15-18(23)3)31-33(32-25)26-10-6-8-20-7-4-5-9-22(20)26/h4-17H,1-3H3,(H2,29,30,34,35). The average Bonchev–Trinajstić information content (AvgIpc) is 3.26. The summed E-state index contributed by atoms with van der Waals surface area (Å²) in [7, 11) is 0. The second kappa shape index (κ2) is 9.27. The zero-order valence-corrected chi connectivity index (χ0v) is 20.6. The molecule has 7 heteroatoms. The summed E-state index contributed by atoms with van der Waals surface area (Å²) in [4.78, 5) is 14.3. The molecule has 0 aliphatic heterocycles. The van der Waals surface area contributed by atoms with E-state index in [-0.39, 0.29) is 11.0 Å². The first-order chi connectivity index (χ1) is 16.9. The van der Waals surface area contributed by atoms with Crippen molar-refractivity contribution in [2.45, 2.75) is 26.7 Å². The number of aromatic nitrogens is 3. The van der Waals surface area contributed by atoms with Gasteiger partial charge in [0.25, 0.3) is 5.91 Å². The molecule has 0 aliphatic carbocycles. The van der Waals surface area contributed by atoms with Crippen LogP contribution in [0.3, 0.4) is 0 Å². The van der Waals surface area contributed by atoms with Gasteiger partial charge in [-0.25, -0.2) is 0 Å². The Hall–Kier alpha value is -4.10. The van der Waals surface area contributed by atoms with Gasteiger partial charge in [-0.3, -0.25) is 10.1 Å². The zero-order chi connectivity index (χ0) is 24.5. The maximum atomic E-state index is 12.6. The third-order valence-electron chi connectivity index (χ3n) is 6.02. The molecule has 0 atom stereocenters. The van der Waals surface area contributed by atoms with Gasteiger partial charge in [0.05, 0.1) is 5.69 Å². The van der Waals surface area contributed by atoms with Gasteiger partial charge < -0.3 is 5.32 Å². The number of hydrogen-bond acceptors (Lipinski definition) is 4. The molecular formula is C28H25N5OS. The summed E-state index contributed by atoms with van der Waals surface area (Å²) in [6, 6.07) is 25.7. The summed E-state index contributed by atoms with van der Waals surface area (Å²) in [6.45, 7) is 6.20. The Kier molecular flexibility index (Phi) is 6.01. The molecule has 5 rings (SSSR count). The molecule has 0 unspecified atom stereocenters. The Morgan fingerprint density at radius 3 is 2.34 bits per heavy atom. The van der Waals surface area contributed by atoms with Crippen molar-refractivity contribution in [1.29, 1.82) is 0 Å². The number of rotatable bonds is 4. The van der Waals surface area contributed by atoms with Crippen molar-refractivity contribution in [1.82, 2.24) is 20.3 Å². The lowest BCUT2D eigenvalue weighted by atomic mass is 10.0. The van der Waals surface area contributed by atoms with Gasteiger partial charge in [-0.15, -0.1) is 15.0 Å². The number of nitrogens with zero attached hydrogens (tertiary/aromatic N) is 3. The Labute approximate surface area is 209 Å². The summed E-state index contributed by atoms with van der Waals surface area (Å²) in [5.74, 6) is 0.157. The molecule has 2 N–H and O–H groups in total. The van der Waals surface area contributed by atoms with E-state index in [4.69, 9.17) is 22.4 Å². The molecule has 6 nitrogen and oxygen atoms in total. The van der Waals surface area contributed by atoms with Crippen molar-refractivity contribution in [2.24, 2.45) is 0 Å². The minimum Gasteiger partial charge on any atom is -0.332 e. The fourth-order valence-electron chi connectivity index (χ4n) is 4.04. The number of anilines is 1. The molecule has 0 saturated carbocycles. The van der Waals surface area contributed by atoms with Gasteiger partial charge >= 0.3 is 0 Å². The summed E-state index contributed by atoms with van der Waals surface area (Å²) < 4.78 is 0. The number of fused-ring (bicyclic) bond motifs is 2. The molecule has 0 saturated heterocycles. The third kappa shape index (κ3) is 4.63. The number of hydrogen-bond donors (Lipinski definition) is 2. The maximum absolute atomic E-state index is 12.6. The lowest BCUT2D eigenvalue weighted by Gasteiger charge is -2.12. The average molecular weight is 480 g/mol. The third-order valence-corrected chi connectivity index (χ3v) is 6.23. The van der Waals surface area contributed by atoms with Crippen LogP contribution in [0.1, 0.15) is 41.3 Å². The van der Waals surface area contributed by atoms with Crippen LogP contribution in [0.25, 0.3) is 27.5 Å². The van der Waals surface area contributed by atoms with E-state index < -0.39 is 0 Å². The molecule has 0 bridgehead atoms. The van der Waals surface area contributed by atoms with Gasteiger partial charge in [0.2, 0.25) is 0 Å². The van der Waals surface area contributed by atoms with E-state index in [9.17, 15) is 4.79 Å². The first-order valence-electron chi connectivity index (χ1n) is 11.5. The number of nitrogens with one attached hydrogen (secondary N) is 2. The minimum absolute atomic E-state index is 0.229. The maximum Gasteiger partial charge on any atom is 0.257 e. The van der Waals surface area contributed by atoms with Crippen molar-refractivity contribution in [2.75, 3.05) is 5.32 Å². The second-order valence-corrected chi connectivity index (χ2v) is 9.24. The zero-order valence-electron chi connectivity index (χ0n) is 19.7. The molecule has 5 aromatic rings. The fraction of sp³-hybridized carbons (Fsp3) is 0.143. The molecule has 174 valence electrons. The number of amides is 1. The first kappa shape index (κ1) is 22.7. The molecule has 1 aromatic heterocycles. The quantitative estimate of drug-likeness (QED) is 0.303. The van der Waals surface area contributed by atoms with E-state index in [0.29, 0.717) is 11.5 Å². The largest absolute Gasteiger partial charge is 0.332 e. The van der Waals surface area contributed by atoms with Crippen molar-refractivity contribution >= 4 is 50.7 Å². The van der Waals surface area contributed by atoms with Crippen molar-refractivity contribution < 1.29 is 4.79 Å². The van der Waals surface area contributed by atoms with Crippen LogP contribution in [0.5, 0.6) is 0 Å². The highest BCUT2D eigenvalue weighted by Crippen LogP contribution is 2.25. The van der Waals surface area contributed by atoms with Gasteiger partial charge in [0, 0.05) is 16.6 Å². The van der Waals surface area contributed by atoms with Gasteiger partial charge in [-0.1, -0.05) is 62.4 Å². The Morgan fingerprint density at radius 2 is 1.60 bits per heavy atom. The van der Waals surface area contributed by atoms with Gasteiger partial charge in [0.15, 0.2) is 5.11 Å². The monoisotopic (exact) mass is 479 g/mol. The summed E-state index contributed by atoms with van der Waals surface area (Å²) in [5, 5.41) is 17.7. The van der Waals surface area contributed by atoms with Crippen LogP contribution in [-0.2, 0) is 0 Å². The molecule has 1 amide bonds. The molecule has 0 radical (unpaired) electrons. The fourth-order valence-corrected chi connectivity index (χ4v) is 4.24. The van der Waals surface area contributed by atoms with Crippen LogP contribution in [0.2, 0.25) is 0 Å². The van der Waals surface area contributed by atoms with E-state index in [1.165, 1.54) is 5.56 Å². The second-order valence-electron chi connectivity index (χ2n) is 8.83. The Bertz CT molecular complexity index is 1560. The number of thiocarbonyl (C=S) groups is 1. The molecular weight excluding hydrogens is 454 g/mol. The van der Waals surface area contributed by atoms with Crippen molar-refractivity contribution in [3.63, 3.8) is 0 Å². The predicted octanol–water partition coefficient (Wildman–Crippen LogP) is 6.13. The van der Waals surface area contributed by atoms with Crippen LogP contribution in [0.4, 0.5) is 5.69 Å². The molecule has 35 heavy (non-hydrogen) atoms. The number of carbonyl (C=O) groups is 1. The van der Waals surface area contributed by atoms with E-state index >= 15 is 0 Å². The topological polar surface area (TPSA) is 71.8 Å². The predicted molar refractivity (Wildman–Crippen MR) is 145 cm³/mol. The van der Waals surface area contributed by atoms with Crippen molar-refractivity contribution in [3.8, 4) is 5.69 Å². The van der Waals surface area contributed by atoms with Crippen LogP contribution in [0, 0.1) is 6.92 Å². The lowest BCUT2D eigenvalue weighted by Crippen LogP contribution is -2.34. The van der Waals surface area contributed by atoms with Crippen molar-refractivity contribution in [3.05, 3.63) is 95.6 Å². The van der Waals surface area contributed by atoms with Gasteiger partial charge in [-0.2, -0.15) is 0 Å².